The first-order valence-corrected chi connectivity index (χ1v) is 9.00. The smallest absolute Gasteiger partial charge is 0.272 e. The number of alkyl halides is 9. The van der Waals surface area contributed by atoms with E-state index in [2.05, 4.69) is 4.28 Å². The van der Waals surface area contributed by atoms with Crippen LogP contribution in [0.4, 0.5) is 39.5 Å². The van der Waals surface area contributed by atoms with Crippen LogP contribution in [0.3, 0.4) is 0 Å². The first-order chi connectivity index (χ1) is 12.9. The number of rotatable bonds is 5. The maximum absolute atomic E-state index is 13.7. The largest absolute Gasteiger partial charge is 0.460 e. The van der Waals surface area contributed by atoms with Crippen molar-refractivity contribution in [3.05, 3.63) is 12.2 Å². The minimum atomic E-state index is -7.53. The number of hydrogen-bond donors (Lipinski definition) is 0. The number of carbonyl (C=O) groups excluding carboxylic acids is 2. The Morgan fingerprint density at radius 2 is 1.24 bits per heavy atom. The van der Waals surface area contributed by atoms with Gasteiger partial charge in [0.2, 0.25) is 0 Å². The topological polar surface area (TPSA) is 80.8 Å². The molecule has 2 amide bonds. The summed E-state index contributed by atoms with van der Waals surface area (Å²) >= 11 is 0. The summed E-state index contributed by atoms with van der Waals surface area (Å²) in [4.78, 5) is 24.2. The van der Waals surface area contributed by atoms with Gasteiger partial charge in [-0.15, -0.1) is 9.35 Å². The van der Waals surface area contributed by atoms with Gasteiger partial charge >= 0.3 is 33.4 Å². The molecule has 1 aliphatic heterocycles. The van der Waals surface area contributed by atoms with Crippen molar-refractivity contribution < 1.29 is 61.8 Å². The normalized spacial score (nSPS) is 30.4. The second-order valence-corrected chi connectivity index (χ2v) is 8.23. The molecule has 0 aromatic heterocycles. The van der Waals surface area contributed by atoms with Gasteiger partial charge in [-0.25, -0.2) is 0 Å². The zero-order valence-electron chi connectivity index (χ0n) is 13.5. The van der Waals surface area contributed by atoms with Gasteiger partial charge in [0.15, 0.2) is 0 Å². The van der Waals surface area contributed by atoms with Crippen LogP contribution in [0, 0.1) is 23.7 Å². The van der Waals surface area contributed by atoms with E-state index >= 15 is 0 Å². The van der Waals surface area contributed by atoms with Gasteiger partial charge in [-0.05, 0) is 18.3 Å². The highest BCUT2D eigenvalue weighted by Gasteiger charge is 2.86. The van der Waals surface area contributed by atoms with Crippen LogP contribution in [0.2, 0.25) is 0 Å². The fraction of sp³-hybridized carbons (Fsp3) is 0.692. The summed E-state index contributed by atoms with van der Waals surface area (Å²) in [6.45, 7) is 0. The molecule has 0 unspecified atom stereocenters. The second kappa shape index (κ2) is 5.86. The van der Waals surface area contributed by atoms with Gasteiger partial charge < -0.3 is 0 Å². The van der Waals surface area contributed by atoms with Crippen molar-refractivity contribution in [1.29, 1.82) is 0 Å². The molecular formula is C13H8F9NO5S. The summed E-state index contributed by atoms with van der Waals surface area (Å²) in [5, 5.41) is -7.96. The number of hydroxylamine groups is 2. The number of halogens is 9. The number of nitrogens with zero attached hydrogens (tertiary/aromatic N) is 1. The lowest BCUT2D eigenvalue weighted by Gasteiger charge is -2.32. The first-order valence-electron chi connectivity index (χ1n) is 7.59. The van der Waals surface area contributed by atoms with Crippen molar-refractivity contribution in [2.24, 2.45) is 23.7 Å². The molecular weight excluding hydrogens is 453 g/mol. The Morgan fingerprint density at radius 1 is 0.828 bits per heavy atom. The first kappa shape index (κ1) is 21.9. The molecule has 3 rings (SSSR count). The van der Waals surface area contributed by atoms with E-state index in [1.807, 2.05) is 0 Å². The zero-order valence-corrected chi connectivity index (χ0v) is 14.3. The van der Waals surface area contributed by atoms with Crippen LogP contribution >= 0.6 is 0 Å². The molecule has 0 aromatic carbocycles. The quantitative estimate of drug-likeness (QED) is 0.357. The zero-order chi connectivity index (χ0) is 22.4. The van der Waals surface area contributed by atoms with E-state index in [-0.39, 0.29) is 0 Å². The van der Waals surface area contributed by atoms with Crippen molar-refractivity contribution in [3.8, 4) is 0 Å². The van der Waals surface area contributed by atoms with Crippen LogP contribution in [-0.2, 0) is 24.0 Å². The highest BCUT2D eigenvalue weighted by molar-refractivity contribution is 7.87. The van der Waals surface area contributed by atoms with Gasteiger partial charge in [-0.1, -0.05) is 12.2 Å². The highest BCUT2D eigenvalue weighted by atomic mass is 32.2. The predicted octanol–water partition coefficient (Wildman–Crippen LogP) is 2.48. The Kier molecular flexibility index (Phi) is 4.42. The average molecular weight is 461 g/mol. The van der Waals surface area contributed by atoms with Crippen LogP contribution in [0.15, 0.2) is 12.2 Å². The minimum Gasteiger partial charge on any atom is -0.272 e. The van der Waals surface area contributed by atoms with E-state index in [0.29, 0.717) is 6.42 Å². The molecule has 2 bridgehead atoms. The van der Waals surface area contributed by atoms with Crippen LogP contribution in [0.5, 0.6) is 0 Å². The third-order valence-corrected chi connectivity index (χ3v) is 6.26. The van der Waals surface area contributed by atoms with E-state index in [4.69, 9.17) is 0 Å². The molecule has 4 atom stereocenters. The number of carbonyl (C=O) groups is 2. The molecule has 29 heavy (non-hydrogen) atoms. The summed E-state index contributed by atoms with van der Waals surface area (Å²) in [6, 6.07) is 0. The molecule has 0 radical (unpaired) electrons. The number of imide groups is 1. The van der Waals surface area contributed by atoms with Crippen molar-refractivity contribution >= 4 is 21.9 Å². The lowest BCUT2D eigenvalue weighted by atomic mass is 9.85. The fourth-order valence-corrected chi connectivity index (χ4v) is 4.49. The van der Waals surface area contributed by atoms with Crippen molar-refractivity contribution in [2.75, 3.05) is 0 Å². The Hall–Kier alpha value is -1.84. The second-order valence-electron chi connectivity index (χ2n) is 6.66. The van der Waals surface area contributed by atoms with Crippen LogP contribution < -0.4 is 0 Å². The SMILES string of the molecule is O=C1[C@H]2[C@H](C(=O)N1OS(=O)(=O)C(F)(F)C(F)(F)C(F)(F)C(F)(F)F)[C@H]1C=C[C@@H]2C1. The monoisotopic (exact) mass is 461 g/mol. The van der Waals surface area contributed by atoms with Crippen LogP contribution in [0.1, 0.15) is 6.42 Å². The van der Waals surface area contributed by atoms with Crippen LogP contribution in [0.25, 0.3) is 0 Å². The van der Waals surface area contributed by atoms with Crippen molar-refractivity contribution in [1.82, 2.24) is 5.06 Å². The number of hydrogen-bond acceptors (Lipinski definition) is 5. The third-order valence-electron chi connectivity index (χ3n) is 5.03. The summed E-state index contributed by atoms with van der Waals surface area (Å²) < 4.78 is 142. The van der Waals surface area contributed by atoms with E-state index in [1.165, 1.54) is 12.2 Å². The maximum atomic E-state index is 13.7. The van der Waals surface area contributed by atoms with Gasteiger partial charge in [0.25, 0.3) is 11.8 Å². The number of fused-ring (bicyclic) bond motifs is 5. The van der Waals surface area contributed by atoms with Gasteiger partial charge in [0.1, 0.15) is 0 Å². The average Bonchev–Trinajstić information content (AvgIpc) is 3.23. The molecule has 1 saturated carbocycles. The summed E-state index contributed by atoms with van der Waals surface area (Å²) in [5.74, 6) is -21.7. The van der Waals surface area contributed by atoms with E-state index in [0.717, 1.165) is 0 Å². The Labute approximate surface area is 155 Å². The molecule has 0 N–H and O–H groups in total. The third kappa shape index (κ3) is 2.63. The predicted molar refractivity (Wildman–Crippen MR) is 70.5 cm³/mol. The molecule has 0 aromatic rings. The van der Waals surface area contributed by atoms with Crippen molar-refractivity contribution in [2.45, 2.75) is 29.7 Å². The van der Waals surface area contributed by atoms with Gasteiger partial charge in [0, 0.05) is 0 Å². The van der Waals surface area contributed by atoms with Gasteiger partial charge in [-0.3, -0.25) is 9.59 Å². The molecule has 16 heteroatoms. The van der Waals surface area contributed by atoms with Crippen molar-refractivity contribution in [3.63, 3.8) is 0 Å². The molecule has 2 fully saturated rings. The van der Waals surface area contributed by atoms with E-state index in [1.54, 1.807) is 0 Å². The molecule has 6 nitrogen and oxygen atoms in total. The summed E-state index contributed by atoms with van der Waals surface area (Å²) in [6.07, 6.45) is -4.01. The number of amides is 2. The Morgan fingerprint density at radius 3 is 1.62 bits per heavy atom. The standard InChI is InChI=1S/C13H8F9NO5S/c14-10(15,12(18,19)20)11(16,17)13(21,22)29(26,27)28-23-8(24)6-4-1-2-5(3-4)7(6)9(23)25/h1-2,4-7H,3H2/t4-,5+,6-,7-/m1/s1. The molecule has 1 saturated heterocycles. The minimum absolute atomic E-state index is 0.291. The molecule has 1 heterocycles. The summed E-state index contributed by atoms with van der Waals surface area (Å²) in [5.41, 5.74) is 0. The lowest BCUT2D eigenvalue weighted by molar-refractivity contribution is -0.383. The van der Waals surface area contributed by atoms with E-state index in [9.17, 15) is 57.5 Å². The summed E-state index contributed by atoms with van der Waals surface area (Å²) in [7, 11) is -7.36. The molecule has 2 aliphatic carbocycles. The molecule has 3 aliphatic rings. The Balaban J connectivity index is 1.91. The highest BCUT2D eigenvalue weighted by Crippen LogP contribution is 2.56. The maximum Gasteiger partial charge on any atom is 0.460 e. The molecule has 0 spiro atoms. The van der Waals surface area contributed by atoms with Gasteiger partial charge in [0.05, 0.1) is 11.8 Å². The van der Waals surface area contributed by atoms with E-state index < -0.39 is 73.9 Å². The van der Waals surface area contributed by atoms with Gasteiger partial charge in [-0.2, -0.15) is 47.9 Å². The Bertz CT molecular complexity index is 867. The fourth-order valence-electron chi connectivity index (χ4n) is 3.61. The lowest BCUT2D eigenvalue weighted by Crippen LogP contribution is -2.64. The molecule has 164 valence electrons. The number of allylic oxidation sites excluding steroid dienone is 2. The van der Waals surface area contributed by atoms with Crippen LogP contribution in [-0.4, -0.2) is 48.6 Å².